The summed E-state index contributed by atoms with van der Waals surface area (Å²) < 4.78 is 15.2. The summed E-state index contributed by atoms with van der Waals surface area (Å²) in [7, 11) is 0. The van der Waals surface area contributed by atoms with E-state index in [9.17, 15) is 14.0 Å². The van der Waals surface area contributed by atoms with Crippen molar-refractivity contribution in [3.05, 3.63) is 71.5 Å². The number of thiazole rings is 1. The van der Waals surface area contributed by atoms with Gasteiger partial charge in [0, 0.05) is 35.8 Å². The smallest absolute Gasteiger partial charge is 0.230 e. The molecule has 1 aliphatic heterocycles. The number of benzene rings is 2. The fourth-order valence-electron chi connectivity index (χ4n) is 3.79. The van der Waals surface area contributed by atoms with E-state index in [1.165, 1.54) is 23.5 Å². The van der Waals surface area contributed by atoms with Gasteiger partial charge >= 0.3 is 0 Å². The quantitative estimate of drug-likeness (QED) is 0.514. The lowest BCUT2D eigenvalue weighted by atomic mass is 10.1. The summed E-state index contributed by atoms with van der Waals surface area (Å²) in [5, 5.41) is 4.85. The van der Waals surface area contributed by atoms with Gasteiger partial charge in [0.1, 0.15) is 17.3 Å². The molecule has 6 nitrogen and oxygen atoms in total. The van der Waals surface area contributed by atoms with Gasteiger partial charge in [0.15, 0.2) is 4.96 Å². The molecule has 1 N–H and O–H groups in total. The first-order valence-corrected chi connectivity index (χ1v) is 10.8. The molecule has 1 saturated heterocycles. The number of hydrogen-bond donors (Lipinski definition) is 1. The topological polar surface area (TPSA) is 66.7 Å². The van der Waals surface area contributed by atoms with Gasteiger partial charge in [-0.15, -0.1) is 11.3 Å². The Bertz CT molecular complexity index is 1280. The van der Waals surface area contributed by atoms with E-state index in [4.69, 9.17) is 0 Å². The Balaban J connectivity index is 1.41. The van der Waals surface area contributed by atoms with Gasteiger partial charge in [0.05, 0.1) is 5.92 Å². The highest BCUT2D eigenvalue weighted by Crippen LogP contribution is 2.32. The molecule has 0 radical (unpaired) electrons. The first-order valence-electron chi connectivity index (χ1n) is 9.89. The van der Waals surface area contributed by atoms with Crippen LogP contribution in [0.5, 0.6) is 0 Å². The number of fused-ring (bicyclic) bond motifs is 1. The zero-order chi connectivity index (χ0) is 21.5. The van der Waals surface area contributed by atoms with Crippen LogP contribution in [0.3, 0.4) is 0 Å². The summed E-state index contributed by atoms with van der Waals surface area (Å²) in [6.45, 7) is 2.31. The van der Waals surface area contributed by atoms with Gasteiger partial charge in [-0.3, -0.25) is 14.0 Å². The number of imidazole rings is 1. The number of rotatable bonds is 4. The van der Waals surface area contributed by atoms with Crippen LogP contribution in [0.15, 0.2) is 60.1 Å². The van der Waals surface area contributed by atoms with E-state index < -0.39 is 5.92 Å². The molecule has 0 spiro atoms. The molecule has 8 heteroatoms. The van der Waals surface area contributed by atoms with Crippen molar-refractivity contribution in [2.24, 2.45) is 5.92 Å². The minimum atomic E-state index is -0.473. The van der Waals surface area contributed by atoms with Gasteiger partial charge in [-0.1, -0.05) is 17.7 Å². The minimum absolute atomic E-state index is 0.0725. The summed E-state index contributed by atoms with van der Waals surface area (Å²) in [6.07, 6.45) is 1.98. The van der Waals surface area contributed by atoms with Crippen molar-refractivity contribution in [1.29, 1.82) is 0 Å². The van der Waals surface area contributed by atoms with E-state index >= 15 is 0 Å². The van der Waals surface area contributed by atoms with Crippen molar-refractivity contribution in [2.45, 2.75) is 13.3 Å². The van der Waals surface area contributed by atoms with E-state index in [0.29, 0.717) is 23.6 Å². The van der Waals surface area contributed by atoms with Crippen molar-refractivity contribution in [1.82, 2.24) is 9.38 Å². The maximum atomic E-state index is 13.4. The molecule has 4 aromatic rings. The highest BCUT2D eigenvalue weighted by atomic mass is 32.1. The first-order chi connectivity index (χ1) is 15.0. The average Bonchev–Trinajstić information content (AvgIpc) is 3.45. The van der Waals surface area contributed by atoms with Gasteiger partial charge in [-0.25, -0.2) is 9.37 Å². The maximum Gasteiger partial charge on any atom is 0.230 e. The van der Waals surface area contributed by atoms with Crippen LogP contribution >= 0.6 is 11.3 Å². The number of carbonyl (C=O) groups excluding carboxylic acids is 2. The summed E-state index contributed by atoms with van der Waals surface area (Å²) in [6, 6.07) is 13.7. The second kappa shape index (κ2) is 7.63. The third-order valence-electron chi connectivity index (χ3n) is 5.46. The largest absolute Gasteiger partial charge is 0.312 e. The molecule has 3 heterocycles. The van der Waals surface area contributed by atoms with Crippen molar-refractivity contribution in [3.63, 3.8) is 0 Å². The standard InChI is InChI=1S/C23H19FN4O2S/c1-14-2-8-18(9-3-14)28-13-16(12-19(28)29)22(30)26-21-20(15-4-6-17(24)7-5-15)25-23-27(21)10-11-31-23/h2-11,16H,12-13H2,1H3,(H,26,30). The fourth-order valence-corrected chi connectivity index (χ4v) is 4.50. The predicted octanol–water partition coefficient (Wildman–Crippen LogP) is 4.50. The normalized spacial score (nSPS) is 16.3. The number of aromatic nitrogens is 2. The molecule has 0 aliphatic carbocycles. The summed E-state index contributed by atoms with van der Waals surface area (Å²) >= 11 is 1.44. The minimum Gasteiger partial charge on any atom is -0.312 e. The molecule has 2 amide bonds. The summed E-state index contributed by atoms with van der Waals surface area (Å²) in [5.74, 6) is -0.597. The van der Waals surface area contributed by atoms with E-state index in [1.807, 2.05) is 42.8 Å². The molecule has 156 valence electrons. The molecule has 2 aromatic heterocycles. The molecular weight excluding hydrogens is 415 g/mol. The van der Waals surface area contributed by atoms with E-state index in [1.54, 1.807) is 21.4 Å². The Hall–Kier alpha value is -3.52. The van der Waals surface area contributed by atoms with Crippen LogP contribution < -0.4 is 10.2 Å². The third kappa shape index (κ3) is 3.59. The number of nitrogens with zero attached hydrogens (tertiary/aromatic N) is 3. The molecule has 31 heavy (non-hydrogen) atoms. The van der Waals surface area contributed by atoms with Crippen LogP contribution in [0, 0.1) is 18.7 Å². The monoisotopic (exact) mass is 434 g/mol. The molecule has 0 bridgehead atoms. The second-order valence-corrected chi connectivity index (χ2v) is 8.47. The molecular formula is C23H19FN4O2S. The van der Waals surface area contributed by atoms with Crippen molar-refractivity contribution in [3.8, 4) is 11.3 Å². The molecule has 1 aliphatic rings. The van der Waals surface area contributed by atoms with Gasteiger partial charge in [-0.05, 0) is 43.3 Å². The average molecular weight is 434 g/mol. The molecule has 0 saturated carbocycles. The van der Waals surface area contributed by atoms with Crippen molar-refractivity contribution >= 4 is 39.6 Å². The number of anilines is 2. The predicted molar refractivity (Wildman–Crippen MR) is 119 cm³/mol. The Morgan fingerprint density at radius 1 is 1.16 bits per heavy atom. The Morgan fingerprint density at radius 3 is 2.65 bits per heavy atom. The van der Waals surface area contributed by atoms with E-state index in [0.717, 1.165) is 16.2 Å². The lowest BCUT2D eigenvalue weighted by molar-refractivity contribution is -0.122. The van der Waals surface area contributed by atoms with Crippen LogP contribution in [0.2, 0.25) is 0 Å². The molecule has 2 aromatic carbocycles. The number of halogens is 1. The Kier molecular flexibility index (Phi) is 4.78. The van der Waals surface area contributed by atoms with Gasteiger partial charge in [0.25, 0.3) is 0 Å². The second-order valence-electron chi connectivity index (χ2n) is 7.60. The zero-order valence-electron chi connectivity index (χ0n) is 16.7. The molecule has 1 atom stereocenters. The van der Waals surface area contributed by atoms with Crippen LogP contribution in [0.25, 0.3) is 16.2 Å². The molecule has 1 fully saturated rings. The maximum absolute atomic E-state index is 13.4. The van der Waals surface area contributed by atoms with Crippen LogP contribution in [0.4, 0.5) is 15.9 Å². The number of carbonyl (C=O) groups is 2. The van der Waals surface area contributed by atoms with Crippen LogP contribution in [0.1, 0.15) is 12.0 Å². The van der Waals surface area contributed by atoms with E-state index in [-0.39, 0.29) is 24.1 Å². The first kappa shape index (κ1) is 19.4. The summed E-state index contributed by atoms with van der Waals surface area (Å²) in [5.41, 5.74) is 3.18. The Labute approximate surface area is 182 Å². The SMILES string of the molecule is Cc1ccc(N2CC(C(=O)Nc3c(-c4ccc(F)cc4)nc4sccn34)CC2=O)cc1. The lowest BCUT2D eigenvalue weighted by Gasteiger charge is -2.17. The lowest BCUT2D eigenvalue weighted by Crippen LogP contribution is -2.28. The van der Waals surface area contributed by atoms with Gasteiger partial charge in [-0.2, -0.15) is 0 Å². The van der Waals surface area contributed by atoms with E-state index in [2.05, 4.69) is 10.3 Å². The van der Waals surface area contributed by atoms with Crippen LogP contribution in [-0.2, 0) is 9.59 Å². The molecule has 5 rings (SSSR count). The highest BCUT2D eigenvalue weighted by molar-refractivity contribution is 7.15. The van der Waals surface area contributed by atoms with Crippen molar-refractivity contribution in [2.75, 3.05) is 16.8 Å². The number of amides is 2. The number of nitrogens with one attached hydrogen (secondary N) is 1. The van der Waals surface area contributed by atoms with Gasteiger partial charge in [0.2, 0.25) is 11.8 Å². The molecule has 1 unspecified atom stereocenters. The zero-order valence-corrected chi connectivity index (χ0v) is 17.5. The number of hydrogen-bond acceptors (Lipinski definition) is 4. The number of aryl methyl sites for hydroxylation is 1. The van der Waals surface area contributed by atoms with Gasteiger partial charge < -0.3 is 10.2 Å². The Morgan fingerprint density at radius 2 is 1.90 bits per heavy atom. The third-order valence-corrected chi connectivity index (χ3v) is 6.22. The van der Waals surface area contributed by atoms with Crippen molar-refractivity contribution < 1.29 is 14.0 Å². The van der Waals surface area contributed by atoms with Crippen LogP contribution in [-0.4, -0.2) is 27.7 Å². The highest BCUT2D eigenvalue weighted by Gasteiger charge is 2.36. The fraction of sp³-hybridized carbons (Fsp3) is 0.174. The summed E-state index contributed by atoms with van der Waals surface area (Å²) in [4.78, 5) is 32.6.